The summed E-state index contributed by atoms with van der Waals surface area (Å²) in [5.41, 5.74) is 5.40. The van der Waals surface area contributed by atoms with Crippen molar-refractivity contribution < 1.29 is 4.74 Å². The van der Waals surface area contributed by atoms with Crippen molar-refractivity contribution in [3.63, 3.8) is 0 Å². The lowest BCUT2D eigenvalue weighted by Gasteiger charge is -2.01. The largest absolute Gasteiger partial charge is 0.370 e. The van der Waals surface area contributed by atoms with E-state index >= 15 is 0 Å². The van der Waals surface area contributed by atoms with Crippen LogP contribution in [0.5, 0.6) is 0 Å². The maximum absolute atomic E-state index is 5.45. The van der Waals surface area contributed by atoms with Crippen molar-refractivity contribution in [2.24, 2.45) is 5.73 Å². The van der Waals surface area contributed by atoms with Gasteiger partial charge in [0.2, 0.25) is 0 Å². The molecular formula is C8H16Cl2N4O. The van der Waals surface area contributed by atoms with E-state index in [1.54, 1.807) is 0 Å². The molecule has 88 valence electrons. The fourth-order valence-electron chi connectivity index (χ4n) is 1.48. The third kappa shape index (κ3) is 3.61. The zero-order valence-electron chi connectivity index (χ0n) is 8.31. The zero-order chi connectivity index (χ0) is 9.10. The third-order valence-corrected chi connectivity index (χ3v) is 2.15. The average molecular weight is 255 g/mol. The first-order chi connectivity index (χ1) is 6.40. The van der Waals surface area contributed by atoms with Crippen molar-refractivity contribution in [3.05, 3.63) is 11.6 Å². The second kappa shape index (κ2) is 7.00. The molecule has 1 aromatic heterocycles. The maximum Gasteiger partial charge on any atom is 0.179 e. The molecule has 5 nitrogen and oxygen atoms in total. The highest BCUT2D eigenvalue weighted by Gasteiger charge is 2.21. The number of rotatable bonds is 3. The Morgan fingerprint density at radius 2 is 2.27 bits per heavy atom. The van der Waals surface area contributed by atoms with Gasteiger partial charge in [-0.3, -0.25) is 5.10 Å². The van der Waals surface area contributed by atoms with Crippen molar-refractivity contribution in [1.82, 2.24) is 15.2 Å². The molecule has 0 amide bonds. The summed E-state index contributed by atoms with van der Waals surface area (Å²) in [7, 11) is 0. The van der Waals surface area contributed by atoms with E-state index < -0.39 is 0 Å². The molecule has 15 heavy (non-hydrogen) atoms. The topological polar surface area (TPSA) is 76.8 Å². The van der Waals surface area contributed by atoms with Crippen LogP contribution >= 0.6 is 24.8 Å². The zero-order valence-corrected chi connectivity index (χ0v) is 9.94. The lowest BCUT2D eigenvalue weighted by molar-refractivity contribution is 0.105. The number of aromatic amines is 1. The average Bonchev–Trinajstić information content (AvgIpc) is 2.70. The highest BCUT2D eigenvalue weighted by atomic mass is 35.5. The molecule has 0 aliphatic carbocycles. The van der Waals surface area contributed by atoms with Crippen molar-refractivity contribution >= 4 is 24.8 Å². The molecule has 2 heterocycles. The van der Waals surface area contributed by atoms with Gasteiger partial charge in [-0.2, -0.15) is 5.10 Å². The van der Waals surface area contributed by atoms with Crippen LogP contribution in [0.25, 0.3) is 0 Å². The number of ether oxygens (including phenoxy) is 1. The van der Waals surface area contributed by atoms with E-state index in [1.807, 2.05) is 0 Å². The van der Waals surface area contributed by atoms with E-state index in [1.165, 1.54) is 0 Å². The Morgan fingerprint density at radius 3 is 2.87 bits per heavy atom. The number of aromatic nitrogens is 3. The van der Waals surface area contributed by atoms with E-state index in [2.05, 4.69) is 15.2 Å². The predicted octanol–water partition coefficient (Wildman–Crippen LogP) is 1.00. The summed E-state index contributed by atoms with van der Waals surface area (Å²) in [6.07, 6.45) is 2.98. The first-order valence-electron chi connectivity index (χ1n) is 4.63. The Hall–Kier alpha value is -0.360. The minimum Gasteiger partial charge on any atom is -0.370 e. The van der Waals surface area contributed by atoms with Crippen LogP contribution < -0.4 is 5.73 Å². The molecule has 0 bridgehead atoms. The number of nitrogens with two attached hydrogens (primary N) is 1. The lowest BCUT2D eigenvalue weighted by Crippen LogP contribution is -2.04. The summed E-state index contributed by atoms with van der Waals surface area (Å²) in [6.45, 7) is 1.42. The molecule has 7 heteroatoms. The second-order valence-corrected chi connectivity index (χ2v) is 3.18. The number of nitrogens with zero attached hydrogens (tertiary/aromatic N) is 2. The number of halogens is 2. The van der Waals surface area contributed by atoms with Gasteiger partial charge in [0.05, 0.1) is 0 Å². The van der Waals surface area contributed by atoms with E-state index in [4.69, 9.17) is 10.5 Å². The number of hydrogen-bond donors (Lipinski definition) is 2. The molecule has 0 radical (unpaired) electrons. The molecule has 1 unspecified atom stereocenters. The molecule has 0 aromatic carbocycles. The minimum absolute atomic E-state index is 0. The van der Waals surface area contributed by atoms with Crippen molar-refractivity contribution in [3.8, 4) is 0 Å². The molecular weight excluding hydrogens is 239 g/mol. The maximum atomic E-state index is 5.45. The fourth-order valence-corrected chi connectivity index (χ4v) is 1.48. The molecule has 3 N–H and O–H groups in total. The lowest BCUT2D eigenvalue weighted by atomic mass is 10.2. The number of hydrogen-bond acceptors (Lipinski definition) is 4. The van der Waals surface area contributed by atoms with Gasteiger partial charge in [0.1, 0.15) is 11.9 Å². The Labute approximate surface area is 101 Å². The van der Waals surface area contributed by atoms with E-state index in [-0.39, 0.29) is 30.9 Å². The summed E-state index contributed by atoms with van der Waals surface area (Å²) in [4.78, 5) is 4.31. The molecule has 0 saturated carbocycles. The highest BCUT2D eigenvalue weighted by Crippen LogP contribution is 2.25. The Morgan fingerprint density at radius 1 is 1.47 bits per heavy atom. The van der Waals surface area contributed by atoms with Gasteiger partial charge in [0, 0.05) is 13.0 Å². The quantitative estimate of drug-likeness (QED) is 0.844. The SMILES string of the molecule is Cl.Cl.NCCc1nc(C2CCCO2)n[nH]1. The van der Waals surface area contributed by atoms with Crippen molar-refractivity contribution in [2.45, 2.75) is 25.4 Å². The van der Waals surface area contributed by atoms with Crippen LogP contribution in [-0.2, 0) is 11.2 Å². The predicted molar refractivity (Wildman–Crippen MR) is 61.6 cm³/mol. The smallest absolute Gasteiger partial charge is 0.179 e. The second-order valence-electron chi connectivity index (χ2n) is 3.18. The minimum atomic E-state index is 0. The van der Waals surface area contributed by atoms with Crippen LogP contribution in [0.15, 0.2) is 0 Å². The molecule has 1 saturated heterocycles. The van der Waals surface area contributed by atoms with Gasteiger partial charge in [-0.25, -0.2) is 4.98 Å². The fraction of sp³-hybridized carbons (Fsp3) is 0.750. The molecule has 1 aliphatic heterocycles. The van der Waals surface area contributed by atoms with E-state index in [9.17, 15) is 0 Å². The molecule has 2 rings (SSSR count). The van der Waals surface area contributed by atoms with E-state index in [0.29, 0.717) is 6.54 Å². The van der Waals surface area contributed by atoms with Gasteiger partial charge >= 0.3 is 0 Å². The van der Waals surface area contributed by atoms with Gasteiger partial charge in [-0.05, 0) is 19.4 Å². The van der Waals surface area contributed by atoms with Gasteiger partial charge in [0.25, 0.3) is 0 Å². The van der Waals surface area contributed by atoms with Crippen LogP contribution in [0.4, 0.5) is 0 Å². The summed E-state index contributed by atoms with van der Waals surface area (Å²) >= 11 is 0. The first-order valence-corrected chi connectivity index (χ1v) is 4.63. The van der Waals surface area contributed by atoms with Crippen LogP contribution in [0.3, 0.4) is 0 Å². The van der Waals surface area contributed by atoms with Gasteiger partial charge in [-0.15, -0.1) is 24.8 Å². The van der Waals surface area contributed by atoms with E-state index in [0.717, 1.165) is 37.5 Å². The first kappa shape index (κ1) is 14.6. The molecule has 1 fully saturated rings. The standard InChI is InChI=1S/C8H14N4O.2ClH/c9-4-3-7-10-8(12-11-7)6-2-1-5-13-6;;/h6H,1-5,9H2,(H,10,11,12);2*1H. The van der Waals surface area contributed by atoms with Crippen molar-refractivity contribution in [2.75, 3.05) is 13.2 Å². The molecule has 0 spiro atoms. The van der Waals surface area contributed by atoms with Crippen LogP contribution in [-0.4, -0.2) is 28.3 Å². The summed E-state index contributed by atoms with van der Waals surface area (Å²) in [5, 5.41) is 6.96. The van der Waals surface area contributed by atoms with Gasteiger partial charge < -0.3 is 10.5 Å². The Balaban J connectivity index is 0.000000980. The summed E-state index contributed by atoms with van der Waals surface area (Å²) in [6, 6.07) is 0. The summed E-state index contributed by atoms with van der Waals surface area (Å²) < 4.78 is 5.45. The molecule has 1 aliphatic rings. The van der Waals surface area contributed by atoms with Gasteiger partial charge in [-0.1, -0.05) is 0 Å². The van der Waals surface area contributed by atoms with Crippen molar-refractivity contribution in [1.29, 1.82) is 0 Å². The van der Waals surface area contributed by atoms with Crippen LogP contribution in [0.2, 0.25) is 0 Å². The Bertz CT molecular complexity index is 275. The van der Waals surface area contributed by atoms with Crippen LogP contribution in [0.1, 0.15) is 30.6 Å². The molecule has 1 atom stereocenters. The normalized spacial score (nSPS) is 19.4. The third-order valence-electron chi connectivity index (χ3n) is 2.15. The summed E-state index contributed by atoms with van der Waals surface area (Å²) in [5.74, 6) is 1.63. The number of H-pyrrole nitrogens is 1. The van der Waals surface area contributed by atoms with Crippen LogP contribution in [0, 0.1) is 0 Å². The number of nitrogens with one attached hydrogen (secondary N) is 1. The van der Waals surface area contributed by atoms with Gasteiger partial charge in [0.15, 0.2) is 5.82 Å². The monoisotopic (exact) mass is 254 g/mol. The Kier molecular flexibility index (Phi) is 6.84. The molecule has 1 aromatic rings. The highest BCUT2D eigenvalue weighted by molar-refractivity contribution is 5.85.